The highest BCUT2D eigenvalue weighted by atomic mass is 16.5. The monoisotopic (exact) mass is 359 g/mol. The van der Waals surface area contributed by atoms with Crippen molar-refractivity contribution in [2.75, 3.05) is 6.61 Å². The van der Waals surface area contributed by atoms with E-state index in [-0.39, 0.29) is 35.0 Å². The lowest BCUT2D eigenvalue weighted by Crippen LogP contribution is -2.23. The van der Waals surface area contributed by atoms with Gasteiger partial charge in [0, 0.05) is 22.5 Å². The van der Waals surface area contributed by atoms with Crippen molar-refractivity contribution in [3.63, 3.8) is 0 Å². The van der Waals surface area contributed by atoms with Gasteiger partial charge in [0.25, 0.3) is 0 Å². The van der Waals surface area contributed by atoms with E-state index in [9.17, 15) is 14.4 Å². The van der Waals surface area contributed by atoms with Gasteiger partial charge in [-0.1, -0.05) is 42.5 Å². The molecule has 27 heavy (non-hydrogen) atoms. The number of carbonyl (C=O) groups excluding carboxylic acids is 3. The summed E-state index contributed by atoms with van der Waals surface area (Å²) in [7, 11) is 0. The Kier molecular flexibility index (Phi) is 4.00. The molecule has 0 N–H and O–H groups in total. The average Bonchev–Trinajstić information content (AvgIpc) is 3.00. The zero-order valence-corrected chi connectivity index (χ0v) is 15.0. The van der Waals surface area contributed by atoms with Crippen LogP contribution in [0.5, 0.6) is 0 Å². The standard InChI is InChI=1S/C22H17NO4/c1-3-27-22(26)17-13(2)23(14-9-5-4-6-10-14)19-18(17)20(24)15-11-7-8-12-16(15)21(19)25/h4-12H,3H2,1-2H3. The molecule has 1 aliphatic carbocycles. The zero-order valence-electron chi connectivity index (χ0n) is 15.0. The van der Waals surface area contributed by atoms with E-state index in [1.807, 2.05) is 30.3 Å². The molecule has 4 rings (SSSR count). The summed E-state index contributed by atoms with van der Waals surface area (Å²) in [4.78, 5) is 39.1. The maximum atomic E-state index is 13.3. The molecule has 0 bridgehead atoms. The predicted octanol–water partition coefficient (Wildman–Crippen LogP) is 3.74. The van der Waals surface area contributed by atoms with Crippen molar-refractivity contribution in [2.24, 2.45) is 0 Å². The van der Waals surface area contributed by atoms with Crippen LogP contribution in [0.2, 0.25) is 0 Å². The lowest BCUT2D eigenvalue weighted by molar-refractivity contribution is 0.0523. The number of fused-ring (bicyclic) bond motifs is 2. The second-order valence-electron chi connectivity index (χ2n) is 6.28. The second-order valence-corrected chi connectivity index (χ2v) is 6.28. The largest absolute Gasteiger partial charge is 0.462 e. The highest BCUT2D eigenvalue weighted by Crippen LogP contribution is 2.35. The molecule has 5 nitrogen and oxygen atoms in total. The van der Waals surface area contributed by atoms with E-state index in [0.29, 0.717) is 22.5 Å². The zero-order chi connectivity index (χ0) is 19.1. The minimum absolute atomic E-state index is 0.124. The molecule has 0 atom stereocenters. The van der Waals surface area contributed by atoms with Crippen LogP contribution in [0.15, 0.2) is 54.6 Å². The van der Waals surface area contributed by atoms with Crippen LogP contribution in [0, 0.1) is 6.92 Å². The number of para-hydroxylation sites is 1. The van der Waals surface area contributed by atoms with Crippen molar-refractivity contribution in [2.45, 2.75) is 13.8 Å². The van der Waals surface area contributed by atoms with Crippen LogP contribution in [0.25, 0.3) is 5.69 Å². The molecule has 134 valence electrons. The van der Waals surface area contributed by atoms with Crippen molar-refractivity contribution < 1.29 is 19.1 Å². The van der Waals surface area contributed by atoms with Crippen molar-refractivity contribution in [1.29, 1.82) is 0 Å². The first-order chi connectivity index (χ1) is 13.1. The summed E-state index contributed by atoms with van der Waals surface area (Å²) in [5, 5.41) is 0. The van der Waals surface area contributed by atoms with Crippen LogP contribution in [0.3, 0.4) is 0 Å². The Morgan fingerprint density at radius 3 is 2.15 bits per heavy atom. The van der Waals surface area contributed by atoms with Crippen LogP contribution in [0.1, 0.15) is 54.9 Å². The topological polar surface area (TPSA) is 65.4 Å². The number of nitrogens with zero attached hydrogens (tertiary/aromatic N) is 1. The number of hydrogen-bond acceptors (Lipinski definition) is 4. The molecule has 0 amide bonds. The van der Waals surface area contributed by atoms with Gasteiger partial charge in [0.15, 0.2) is 5.78 Å². The summed E-state index contributed by atoms with van der Waals surface area (Å²) in [6, 6.07) is 15.9. The Hall–Kier alpha value is -3.47. The first-order valence-corrected chi connectivity index (χ1v) is 8.72. The van der Waals surface area contributed by atoms with Gasteiger partial charge in [-0.15, -0.1) is 0 Å². The summed E-state index contributed by atoms with van der Waals surface area (Å²) < 4.78 is 6.86. The van der Waals surface area contributed by atoms with Crippen LogP contribution >= 0.6 is 0 Å². The Bertz CT molecular complexity index is 1090. The molecule has 0 fully saturated rings. The molecular formula is C22H17NO4. The fourth-order valence-corrected chi connectivity index (χ4v) is 3.62. The third-order valence-corrected chi connectivity index (χ3v) is 4.76. The van der Waals surface area contributed by atoms with Crippen LogP contribution in [0.4, 0.5) is 0 Å². The maximum absolute atomic E-state index is 13.3. The Morgan fingerprint density at radius 2 is 1.52 bits per heavy atom. The first-order valence-electron chi connectivity index (χ1n) is 8.72. The number of hydrogen-bond donors (Lipinski definition) is 0. The molecule has 0 spiro atoms. The molecule has 0 saturated carbocycles. The summed E-state index contributed by atoms with van der Waals surface area (Å²) in [5.74, 6) is -1.20. The van der Waals surface area contributed by atoms with Gasteiger partial charge in [-0.3, -0.25) is 9.59 Å². The number of ether oxygens (including phenoxy) is 1. The van der Waals surface area contributed by atoms with E-state index in [0.717, 1.165) is 0 Å². The lowest BCUT2D eigenvalue weighted by atomic mass is 9.86. The van der Waals surface area contributed by atoms with Crippen molar-refractivity contribution in [1.82, 2.24) is 4.57 Å². The third-order valence-electron chi connectivity index (χ3n) is 4.76. The first kappa shape index (κ1) is 17.0. The Morgan fingerprint density at radius 1 is 0.926 bits per heavy atom. The fraction of sp³-hybridized carbons (Fsp3) is 0.136. The molecular weight excluding hydrogens is 342 g/mol. The highest BCUT2D eigenvalue weighted by molar-refractivity contribution is 6.30. The van der Waals surface area contributed by atoms with Crippen molar-refractivity contribution in [3.05, 3.63) is 88.2 Å². The minimum Gasteiger partial charge on any atom is -0.462 e. The number of esters is 1. The molecule has 3 aromatic rings. The number of ketones is 2. The van der Waals surface area contributed by atoms with Crippen molar-refractivity contribution >= 4 is 17.5 Å². The van der Waals surface area contributed by atoms with Crippen LogP contribution in [-0.4, -0.2) is 28.7 Å². The summed E-state index contributed by atoms with van der Waals surface area (Å²) in [5.41, 5.74) is 2.37. The number of carbonyl (C=O) groups is 3. The van der Waals surface area contributed by atoms with Crippen LogP contribution < -0.4 is 0 Å². The summed E-state index contributed by atoms with van der Waals surface area (Å²) >= 11 is 0. The molecule has 0 radical (unpaired) electrons. The van der Waals surface area contributed by atoms with Gasteiger partial charge >= 0.3 is 5.97 Å². The van der Waals surface area contributed by atoms with Gasteiger partial charge in [0.1, 0.15) is 5.69 Å². The van der Waals surface area contributed by atoms with Gasteiger partial charge in [-0.2, -0.15) is 0 Å². The number of rotatable bonds is 3. The predicted molar refractivity (Wildman–Crippen MR) is 99.8 cm³/mol. The van der Waals surface area contributed by atoms with Gasteiger partial charge in [0.2, 0.25) is 5.78 Å². The fourth-order valence-electron chi connectivity index (χ4n) is 3.62. The molecule has 0 unspecified atom stereocenters. The molecule has 1 heterocycles. The smallest absolute Gasteiger partial charge is 0.340 e. The number of benzene rings is 2. The van der Waals surface area contributed by atoms with E-state index in [4.69, 9.17) is 4.74 Å². The quantitative estimate of drug-likeness (QED) is 0.523. The molecule has 1 aromatic heterocycles. The van der Waals surface area contributed by atoms with Crippen LogP contribution in [-0.2, 0) is 4.74 Å². The second kappa shape index (κ2) is 6.36. The van der Waals surface area contributed by atoms with E-state index in [1.165, 1.54) is 0 Å². The van der Waals surface area contributed by atoms with Crippen molar-refractivity contribution in [3.8, 4) is 5.69 Å². The van der Waals surface area contributed by atoms with E-state index >= 15 is 0 Å². The van der Waals surface area contributed by atoms with Gasteiger partial charge < -0.3 is 9.30 Å². The molecule has 0 saturated heterocycles. The molecule has 0 aliphatic heterocycles. The van der Waals surface area contributed by atoms with E-state index in [2.05, 4.69) is 0 Å². The maximum Gasteiger partial charge on any atom is 0.340 e. The Labute approximate surface area is 156 Å². The SMILES string of the molecule is CCOC(=O)c1c2c(n(-c3ccccc3)c1C)C(=O)c1ccccc1C2=O. The number of aromatic nitrogens is 1. The van der Waals surface area contributed by atoms with Gasteiger partial charge in [-0.05, 0) is 26.0 Å². The minimum atomic E-state index is -0.596. The summed E-state index contributed by atoms with van der Waals surface area (Å²) in [6.07, 6.45) is 0. The average molecular weight is 359 g/mol. The van der Waals surface area contributed by atoms with Gasteiger partial charge in [0.05, 0.1) is 17.7 Å². The molecule has 5 heteroatoms. The lowest BCUT2D eigenvalue weighted by Gasteiger charge is -2.17. The third kappa shape index (κ3) is 2.43. The van der Waals surface area contributed by atoms with E-state index in [1.54, 1.807) is 42.7 Å². The van der Waals surface area contributed by atoms with Gasteiger partial charge in [-0.25, -0.2) is 4.79 Å². The highest BCUT2D eigenvalue weighted by Gasteiger charge is 2.39. The van der Waals surface area contributed by atoms with E-state index < -0.39 is 5.97 Å². The molecule has 2 aromatic carbocycles. The Balaban J connectivity index is 2.08. The normalized spacial score (nSPS) is 12.5. The summed E-state index contributed by atoms with van der Waals surface area (Å²) in [6.45, 7) is 3.61. The molecule has 1 aliphatic rings.